The summed E-state index contributed by atoms with van der Waals surface area (Å²) in [6.45, 7) is 1.65. The van der Waals surface area contributed by atoms with Gasteiger partial charge >= 0.3 is 0 Å². The number of anilines is 1. The van der Waals surface area contributed by atoms with Crippen molar-refractivity contribution in [2.75, 3.05) is 37.7 Å². The van der Waals surface area contributed by atoms with Gasteiger partial charge in [-0.15, -0.1) is 11.3 Å². The van der Waals surface area contributed by atoms with Gasteiger partial charge in [-0.25, -0.2) is 13.8 Å². The minimum Gasteiger partial charge on any atom is -0.365 e. The van der Waals surface area contributed by atoms with Crippen LogP contribution >= 0.6 is 11.3 Å². The molecule has 0 N–H and O–H groups in total. The molecular formula is C17H19F2N3O2S. The van der Waals surface area contributed by atoms with Crippen molar-refractivity contribution in [3.8, 4) is 0 Å². The van der Waals surface area contributed by atoms with Crippen LogP contribution in [0.5, 0.6) is 0 Å². The van der Waals surface area contributed by atoms with Gasteiger partial charge in [0.25, 0.3) is 11.8 Å². The molecular weight excluding hydrogens is 348 g/mol. The van der Waals surface area contributed by atoms with E-state index in [-0.39, 0.29) is 31.8 Å². The third kappa shape index (κ3) is 3.32. The number of pyridine rings is 1. The second kappa shape index (κ2) is 6.49. The van der Waals surface area contributed by atoms with Crippen molar-refractivity contribution in [1.82, 2.24) is 9.88 Å². The van der Waals surface area contributed by atoms with E-state index in [0.717, 1.165) is 15.9 Å². The Hall–Kier alpha value is -1.80. The molecule has 2 aliphatic heterocycles. The normalized spacial score (nSPS) is 23.8. The van der Waals surface area contributed by atoms with Crippen molar-refractivity contribution in [3.05, 3.63) is 23.7 Å². The predicted octanol–water partition coefficient (Wildman–Crippen LogP) is 2.76. The van der Waals surface area contributed by atoms with Gasteiger partial charge in [-0.1, -0.05) is 0 Å². The first-order chi connectivity index (χ1) is 12.0. The SMILES string of the molecule is O=C(C1CN(c2nccc3sccc23)CCO1)N1CCC(F)(F)CC1. The third-order valence-electron chi connectivity index (χ3n) is 4.81. The monoisotopic (exact) mass is 367 g/mol. The van der Waals surface area contributed by atoms with Crippen LogP contribution in [0.3, 0.4) is 0 Å². The fourth-order valence-electron chi connectivity index (χ4n) is 3.38. The number of aromatic nitrogens is 1. The Morgan fingerprint density at radius 2 is 2.08 bits per heavy atom. The number of fused-ring (bicyclic) bond motifs is 1. The van der Waals surface area contributed by atoms with Crippen LogP contribution < -0.4 is 4.90 Å². The summed E-state index contributed by atoms with van der Waals surface area (Å²) in [6, 6.07) is 4.00. The lowest BCUT2D eigenvalue weighted by Crippen LogP contribution is -2.53. The summed E-state index contributed by atoms with van der Waals surface area (Å²) in [6.07, 6.45) is 0.597. The number of nitrogens with zero attached hydrogens (tertiary/aromatic N) is 3. The van der Waals surface area contributed by atoms with Crippen molar-refractivity contribution >= 4 is 33.1 Å². The highest BCUT2D eigenvalue weighted by atomic mass is 32.1. The summed E-state index contributed by atoms with van der Waals surface area (Å²) in [5.74, 6) is -2.00. The maximum Gasteiger partial charge on any atom is 0.253 e. The first-order valence-electron chi connectivity index (χ1n) is 8.39. The molecule has 2 fully saturated rings. The maximum atomic E-state index is 13.3. The highest BCUT2D eigenvalue weighted by Gasteiger charge is 2.38. The number of thiophene rings is 1. The Morgan fingerprint density at radius 3 is 2.88 bits per heavy atom. The number of hydrogen-bond donors (Lipinski definition) is 0. The fraction of sp³-hybridized carbons (Fsp3) is 0.529. The lowest BCUT2D eigenvalue weighted by molar-refractivity contribution is -0.150. The molecule has 134 valence electrons. The van der Waals surface area contributed by atoms with Crippen LogP contribution in [0.2, 0.25) is 0 Å². The van der Waals surface area contributed by atoms with Crippen LogP contribution in [0, 0.1) is 0 Å². The number of piperidine rings is 1. The highest BCUT2D eigenvalue weighted by molar-refractivity contribution is 7.17. The van der Waals surface area contributed by atoms with E-state index >= 15 is 0 Å². The van der Waals surface area contributed by atoms with Gasteiger partial charge in [-0.3, -0.25) is 4.79 Å². The van der Waals surface area contributed by atoms with Gasteiger partial charge in [0.05, 0.1) is 13.2 Å². The van der Waals surface area contributed by atoms with Crippen molar-refractivity contribution in [3.63, 3.8) is 0 Å². The second-order valence-electron chi connectivity index (χ2n) is 6.45. The zero-order valence-electron chi connectivity index (χ0n) is 13.7. The van der Waals surface area contributed by atoms with Crippen LogP contribution in [0.1, 0.15) is 12.8 Å². The molecule has 0 aliphatic carbocycles. The smallest absolute Gasteiger partial charge is 0.253 e. The first-order valence-corrected chi connectivity index (χ1v) is 9.27. The molecule has 25 heavy (non-hydrogen) atoms. The Labute approximate surface area is 148 Å². The molecule has 2 aromatic heterocycles. The lowest BCUT2D eigenvalue weighted by atomic mass is 10.1. The van der Waals surface area contributed by atoms with Gasteiger partial charge in [-0.05, 0) is 17.5 Å². The minimum atomic E-state index is -2.66. The van der Waals surface area contributed by atoms with Gasteiger partial charge in [0.15, 0.2) is 6.10 Å². The van der Waals surface area contributed by atoms with E-state index in [9.17, 15) is 13.6 Å². The molecule has 0 saturated carbocycles. The zero-order chi connectivity index (χ0) is 17.4. The number of rotatable bonds is 2. The first kappa shape index (κ1) is 16.7. The van der Waals surface area contributed by atoms with Gasteiger partial charge in [-0.2, -0.15) is 0 Å². The Kier molecular flexibility index (Phi) is 4.33. The Balaban J connectivity index is 1.48. The third-order valence-corrected chi connectivity index (χ3v) is 5.69. The van der Waals surface area contributed by atoms with Crippen LogP contribution in [0.4, 0.5) is 14.6 Å². The molecule has 5 nitrogen and oxygen atoms in total. The average Bonchev–Trinajstić information content (AvgIpc) is 3.10. The topological polar surface area (TPSA) is 45.7 Å². The van der Waals surface area contributed by atoms with E-state index in [2.05, 4.69) is 9.88 Å². The maximum absolute atomic E-state index is 13.3. The summed E-state index contributed by atoms with van der Waals surface area (Å²) in [7, 11) is 0. The molecule has 1 atom stereocenters. The molecule has 0 aromatic carbocycles. The summed E-state index contributed by atoms with van der Waals surface area (Å²) in [5, 5.41) is 3.09. The second-order valence-corrected chi connectivity index (χ2v) is 7.40. The van der Waals surface area contributed by atoms with Gasteiger partial charge in [0, 0.05) is 48.8 Å². The largest absolute Gasteiger partial charge is 0.365 e. The van der Waals surface area contributed by atoms with Crippen molar-refractivity contribution in [2.24, 2.45) is 0 Å². The average molecular weight is 367 g/mol. The number of ether oxygens (including phenoxy) is 1. The standard InChI is InChI=1S/C17H19F2N3O2S/c18-17(19)3-6-21(7-4-17)16(23)13-11-22(8-9-24-13)15-12-2-10-25-14(12)1-5-20-15/h1-2,5,10,13H,3-4,6-9,11H2. The molecule has 2 aromatic rings. The number of carbonyl (C=O) groups is 1. The molecule has 2 aliphatic rings. The summed E-state index contributed by atoms with van der Waals surface area (Å²) >= 11 is 1.65. The van der Waals surface area contributed by atoms with Crippen molar-refractivity contribution in [2.45, 2.75) is 24.9 Å². The number of likely N-dealkylation sites (tertiary alicyclic amines) is 1. The fourth-order valence-corrected chi connectivity index (χ4v) is 4.16. The summed E-state index contributed by atoms with van der Waals surface area (Å²) in [5.41, 5.74) is 0. The Morgan fingerprint density at radius 1 is 1.28 bits per heavy atom. The molecule has 4 rings (SSSR count). The molecule has 2 saturated heterocycles. The lowest BCUT2D eigenvalue weighted by Gasteiger charge is -2.38. The van der Waals surface area contributed by atoms with Gasteiger partial charge in [0.1, 0.15) is 5.82 Å². The van der Waals surface area contributed by atoms with Gasteiger partial charge < -0.3 is 14.5 Å². The number of alkyl halides is 2. The minimum absolute atomic E-state index is 0.0874. The number of amides is 1. The van der Waals surface area contributed by atoms with E-state index < -0.39 is 12.0 Å². The van der Waals surface area contributed by atoms with E-state index in [1.807, 2.05) is 17.5 Å². The van der Waals surface area contributed by atoms with Crippen LogP contribution in [0.15, 0.2) is 23.7 Å². The molecule has 1 amide bonds. The van der Waals surface area contributed by atoms with Crippen molar-refractivity contribution < 1.29 is 18.3 Å². The van der Waals surface area contributed by atoms with E-state index in [4.69, 9.17) is 4.74 Å². The van der Waals surface area contributed by atoms with Gasteiger partial charge in [0.2, 0.25) is 0 Å². The number of morpholine rings is 1. The molecule has 0 bridgehead atoms. The van der Waals surface area contributed by atoms with E-state index in [0.29, 0.717) is 19.7 Å². The number of halogens is 2. The predicted molar refractivity (Wildman–Crippen MR) is 92.3 cm³/mol. The number of carbonyl (C=O) groups excluding carboxylic acids is 1. The molecule has 0 spiro atoms. The highest BCUT2D eigenvalue weighted by Crippen LogP contribution is 2.31. The van der Waals surface area contributed by atoms with Crippen molar-refractivity contribution in [1.29, 1.82) is 0 Å². The van der Waals surface area contributed by atoms with E-state index in [1.54, 1.807) is 17.5 Å². The number of hydrogen-bond acceptors (Lipinski definition) is 5. The van der Waals surface area contributed by atoms with Crippen LogP contribution in [-0.2, 0) is 9.53 Å². The zero-order valence-corrected chi connectivity index (χ0v) is 14.5. The molecule has 8 heteroatoms. The van der Waals surface area contributed by atoms with E-state index in [1.165, 1.54) is 4.90 Å². The van der Waals surface area contributed by atoms with Crippen LogP contribution in [-0.4, -0.2) is 60.6 Å². The molecule has 1 unspecified atom stereocenters. The molecule has 0 radical (unpaired) electrons. The summed E-state index contributed by atoms with van der Waals surface area (Å²) < 4.78 is 33.4. The molecule has 4 heterocycles. The Bertz CT molecular complexity index is 772. The quantitative estimate of drug-likeness (QED) is 0.819. The summed E-state index contributed by atoms with van der Waals surface area (Å²) in [4.78, 5) is 20.7. The van der Waals surface area contributed by atoms with Crippen LogP contribution in [0.25, 0.3) is 10.1 Å².